The molecule has 0 radical (unpaired) electrons. The molecule has 6 nitrogen and oxygen atoms in total. The standard InChI is InChI=1S/C24H32N4O2/c1-20-9-11-22(12-10-20)27-15-6-16-28(18-17-27)24(30)25-14-13-23(29)26(2)19-21-7-4-3-5-8-21/h3-5,7-12H,6,13-19H2,1-2H3,(H,25,30). The van der Waals surface area contributed by atoms with Gasteiger partial charge < -0.3 is 20.0 Å². The average Bonchev–Trinajstić information content (AvgIpc) is 3.01. The van der Waals surface area contributed by atoms with Crippen molar-refractivity contribution in [1.82, 2.24) is 15.1 Å². The lowest BCUT2D eigenvalue weighted by Crippen LogP contribution is -2.43. The van der Waals surface area contributed by atoms with Gasteiger partial charge in [-0.3, -0.25) is 4.79 Å². The lowest BCUT2D eigenvalue weighted by atomic mass is 10.2. The molecule has 0 aliphatic carbocycles. The molecule has 1 N–H and O–H groups in total. The number of urea groups is 1. The molecular weight excluding hydrogens is 376 g/mol. The van der Waals surface area contributed by atoms with Gasteiger partial charge in [0.1, 0.15) is 0 Å². The Labute approximate surface area is 179 Å². The summed E-state index contributed by atoms with van der Waals surface area (Å²) in [4.78, 5) is 30.8. The number of amides is 3. The minimum atomic E-state index is -0.0840. The van der Waals surface area contributed by atoms with Gasteiger partial charge in [0, 0.05) is 58.4 Å². The van der Waals surface area contributed by atoms with Crippen LogP contribution in [0.25, 0.3) is 0 Å². The van der Waals surface area contributed by atoms with Crippen molar-refractivity contribution in [1.29, 1.82) is 0 Å². The van der Waals surface area contributed by atoms with Crippen molar-refractivity contribution in [3.8, 4) is 0 Å². The van der Waals surface area contributed by atoms with Crippen molar-refractivity contribution in [3.05, 3.63) is 65.7 Å². The zero-order valence-electron chi connectivity index (χ0n) is 18.0. The highest BCUT2D eigenvalue weighted by Crippen LogP contribution is 2.17. The van der Waals surface area contributed by atoms with E-state index in [4.69, 9.17) is 0 Å². The molecule has 1 aliphatic rings. The topological polar surface area (TPSA) is 55.9 Å². The van der Waals surface area contributed by atoms with E-state index in [-0.39, 0.29) is 11.9 Å². The van der Waals surface area contributed by atoms with Crippen molar-refractivity contribution >= 4 is 17.6 Å². The lowest BCUT2D eigenvalue weighted by Gasteiger charge is -2.24. The Morgan fingerprint density at radius 1 is 0.967 bits per heavy atom. The van der Waals surface area contributed by atoms with Crippen LogP contribution in [0.5, 0.6) is 0 Å². The molecule has 0 unspecified atom stereocenters. The zero-order valence-corrected chi connectivity index (χ0v) is 18.0. The summed E-state index contributed by atoms with van der Waals surface area (Å²) in [6.45, 7) is 6.19. The van der Waals surface area contributed by atoms with Crippen molar-refractivity contribution in [2.45, 2.75) is 26.3 Å². The molecule has 3 amide bonds. The number of hydrogen-bond acceptors (Lipinski definition) is 3. The molecule has 1 fully saturated rings. The number of nitrogens with one attached hydrogen (secondary N) is 1. The van der Waals surface area contributed by atoms with Crippen LogP contribution in [-0.4, -0.2) is 61.5 Å². The molecule has 2 aromatic rings. The van der Waals surface area contributed by atoms with E-state index in [2.05, 4.69) is 41.4 Å². The SMILES string of the molecule is Cc1ccc(N2CCCN(C(=O)NCCC(=O)N(C)Cc3ccccc3)CC2)cc1. The molecule has 2 aromatic carbocycles. The molecule has 6 heteroatoms. The Morgan fingerprint density at radius 2 is 1.70 bits per heavy atom. The first-order valence-corrected chi connectivity index (χ1v) is 10.7. The number of benzene rings is 2. The molecule has 0 aromatic heterocycles. The fourth-order valence-corrected chi connectivity index (χ4v) is 3.66. The second kappa shape index (κ2) is 10.7. The maximum Gasteiger partial charge on any atom is 0.317 e. The Bertz CT molecular complexity index is 823. The smallest absolute Gasteiger partial charge is 0.317 e. The van der Waals surface area contributed by atoms with Crippen molar-refractivity contribution in [2.24, 2.45) is 0 Å². The molecule has 0 saturated carbocycles. The van der Waals surface area contributed by atoms with E-state index in [0.29, 0.717) is 26.1 Å². The van der Waals surface area contributed by atoms with Crippen LogP contribution >= 0.6 is 0 Å². The normalized spacial score (nSPS) is 14.2. The van der Waals surface area contributed by atoms with Crippen LogP contribution in [0, 0.1) is 6.92 Å². The Balaban J connectivity index is 1.40. The Hall–Kier alpha value is -3.02. The first-order valence-electron chi connectivity index (χ1n) is 10.7. The molecule has 160 valence electrons. The van der Waals surface area contributed by atoms with Gasteiger partial charge in [-0.1, -0.05) is 48.0 Å². The van der Waals surface area contributed by atoms with Gasteiger partial charge in [-0.25, -0.2) is 4.79 Å². The van der Waals surface area contributed by atoms with Gasteiger partial charge in [-0.2, -0.15) is 0 Å². The van der Waals surface area contributed by atoms with E-state index >= 15 is 0 Å². The average molecular weight is 409 g/mol. The number of carbonyl (C=O) groups is 2. The molecule has 1 aliphatic heterocycles. The van der Waals surface area contributed by atoms with Crippen LogP contribution in [0.2, 0.25) is 0 Å². The van der Waals surface area contributed by atoms with Gasteiger partial charge in [0.25, 0.3) is 0 Å². The second-order valence-corrected chi connectivity index (χ2v) is 7.88. The Kier molecular flexibility index (Phi) is 7.71. The number of carbonyl (C=O) groups excluding carboxylic acids is 2. The van der Waals surface area contributed by atoms with Crippen molar-refractivity contribution in [2.75, 3.05) is 44.7 Å². The predicted octanol–water partition coefficient (Wildman–Crippen LogP) is 3.27. The van der Waals surface area contributed by atoms with E-state index < -0.39 is 0 Å². The maximum atomic E-state index is 12.6. The predicted molar refractivity (Wildman–Crippen MR) is 121 cm³/mol. The summed E-state index contributed by atoms with van der Waals surface area (Å²) in [5.41, 5.74) is 3.55. The summed E-state index contributed by atoms with van der Waals surface area (Å²) < 4.78 is 0. The maximum absolute atomic E-state index is 12.6. The number of rotatable bonds is 6. The van der Waals surface area contributed by atoms with E-state index in [1.807, 2.05) is 35.2 Å². The minimum absolute atomic E-state index is 0.0283. The fourth-order valence-electron chi connectivity index (χ4n) is 3.66. The van der Waals surface area contributed by atoms with Gasteiger partial charge in [-0.15, -0.1) is 0 Å². The first-order chi connectivity index (χ1) is 14.5. The fraction of sp³-hybridized carbons (Fsp3) is 0.417. The van der Waals surface area contributed by atoms with Crippen LogP contribution in [0.15, 0.2) is 54.6 Å². The van der Waals surface area contributed by atoms with Crippen LogP contribution in [0.3, 0.4) is 0 Å². The van der Waals surface area contributed by atoms with E-state index in [9.17, 15) is 9.59 Å². The second-order valence-electron chi connectivity index (χ2n) is 7.88. The third-order valence-electron chi connectivity index (χ3n) is 5.49. The number of aryl methyl sites for hydroxylation is 1. The highest BCUT2D eigenvalue weighted by molar-refractivity contribution is 5.78. The highest BCUT2D eigenvalue weighted by atomic mass is 16.2. The zero-order chi connectivity index (χ0) is 21.3. The number of hydrogen-bond donors (Lipinski definition) is 1. The van der Waals surface area contributed by atoms with Gasteiger partial charge in [0.15, 0.2) is 0 Å². The monoisotopic (exact) mass is 408 g/mol. The van der Waals surface area contributed by atoms with Gasteiger partial charge >= 0.3 is 6.03 Å². The summed E-state index contributed by atoms with van der Waals surface area (Å²) >= 11 is 0. The third kappa shape index (κ3) is 6.24. The van der Waals surface area contributed by atoms with E-state index in [1.165, 1.54) is 11.3 Å². The molecule has 30 heavy (non-hydrogen) atoms. The molecular formula is C24H32N4O2. The molecule has 0 atom stereocenters. The van der Waals surface area contributed by atoms with Crippen LogP contribution in [0.4, 0.5) is 10.5 Å². The summed E-state index contributed by atoms with van der Waals surface area (Å²) in [6, 6.07) is 18.3. The molecule has 0 bridgehead atoms. The summed E-state index contributed by atoms with van der Waals surface area (Å²) in [5, 5.41) is 2.91. The molecule has 1 saturated heterocycles. The van der Waals surface area contributed by atoms with E-state index in [1.54, 1.807) is 11.9 Å². The quantitative estimate of drug-likeness (QED) is 0.798. The number of nitrogens with zero attached hydrogens (tertiary/aromatic N) is 3. The first kappa shape index (κ1) is 21.7. The summed E-state index contributed by atoms with van der Waals surface area (Å²) in [7, 11) is 1.80. The summed E-state index contributed by atoms with van der Waals surface area (Å²) in [5.74, 6) is 0.0283. The van der Waals surface area contributed by atoms with Crippen molar-refractivity contribution in [3.63, 3.8) is 0 Å². The van der Waals surface area contributed by atoms with Gasteiger partial charge in [0.2, 0.25) is 5.91 Å². The van der Waals surface area contributed by atoms with Crippen LogP contribution in [0.1, 0.15) is 24.0 Å². The van der Waals surface area contributed by atoms with Crippen LogP contribution in [-0.2, 0) is 11.3 Å². The molecule has 1 heterocycles. The van der Waals surface area contributed by atoms with Crippen molar-refractivity contribution < 1.29 is 9.59 Å². The lowest BCUT2D eigenvalue weighted by molar-refractivity contribution is -0.130. The highest BCUT2D eigenvalue weighted by Gasteiger charge is 2.19. The third-order valence-corrected chi connectivity index (χ3v) is 5.49. The van der Waals surface area contributed by atoms with Crippen LogP contribution < -0.4 is 10.2 Å². The molecule has 3 rings (SSSR count). The molecule has 0 spiro atoms. The largest absolute Gasteiger partial charge is 0.370 e. The van der Waals surface area contributed by atoms with E-state index in [0.717, 1.165) is 31.6 Å². The van der Waals surface area contributed by atoms with Gasteiger partial charge in [-0.05, 0) is 31.0 Å². The summed E-state index contributed by atoms with van der Waals surface area (Å²) in [6.07, 6.45) is 1.23. The minimum Gasteiger partial charge on any atom is -0.370 e. The Morgan fingerprint density at radius 3 is 2.43 bits per heavy atom. The van der Waals surface area contributed by atoms with Gasteiger partial charge in [0.05, 0.1) is 0 Å². The number of anilines is 1.